The summed E-state index contributed by atoms with van der Waals surface area (Å²) in [5.74, 6) is 0.739. The van der Waals surface area contributed by atoms with Gasteiger partial charge in [-0.3, -0.25) is 14.5 Å². The zero-order valence-corrected chi connectivity index (χ0v) is 10.7. The Labute approximate surface area is 103 Å². The Balaban J connectivity index is 2.04. The van der Waals surface area contributed by atoms with Crippen LogP contribution in [0.25, 0.3) is 0 Å². The van der Waals surface area contributed by atoms with Crippen LogP contribution in [0, 0.1) is 11.8 Å². The van der Waals surface area contributed by atoms with Gasteiger partial charge >= 0.3 is 0 Å². The van der Waals surface area contributed by atoms with Crippen molar-refractivity contribution >= 4 is 11.8 Å². The van der Waals surface area contributed by atoms with E-state index in [1.54, 1.807) is 0 Å². The summed E-state index contributed by atoms with van der Waals surface area (Å²) in [6.07, 6.45) is 3.18. The maximum atomic E-state index is 12.0. The summed E-state index contributed by atoms with van der Waals surface area (Å²) in [5, 5.41) is 3.31. The molecule has 1 N–H and O–H groups in total. The summed E-state index contributed by atoms with van der Waals surface area (Å²) in [5.41, 5.74) is 0. The van der Waals surface area contributed by atoms with Crippen LogP contribution in [0.5, 0.6) is 0 Å². The highest BCUT2D eigenvalue weighted by Crippen LogP contribution is 2.27. The van der Waals surface area contributed by atoms with Crippen LogP contribution in [0.1, 0.15) is 39.5 Å². The van der Waals surface area contributed by atoms with Gasteiger partial charge in [0.15, 0.2) is 0 Å². The minimum Gasteiger partial charge on any atom is -0.317 e. The second-order valence-corrected chi connectivity index (χ2v) is 5.50. The van der Waals surface area contributed by atoms with Gasteiger partial charge in [0, 0.05) is 18.9 Å². The highest BCUT2D eigenvalue weighted by atomic mass is 16.2. The van der Waals surface area contributed by atoms with E-state index in [1.165, 1.54) is 4.90 Å². The molecule has 4 heteroatoms. The Hall–Kier alpha value is -0.900. The zero-order chi connectivity index (χ0) is 12.4. The first-order valence-electron chi connectivity index (χ1n) is 6.65. The van der Waals surface area contributed by atoms with Crippen molar-refractivity contribution < 1.29 is 9.59 Å². The lowest BCUT2D eigenvalue weighted by Gasteiger charge is -2.38. The fourth-order valence-corrected chi connectivity index (χ4v) is 3.00. The number of likely N-dealkylation sites (tertiary alicyclic amines) is 1. The van der Waals surface area contributed by atoms with E-state index >= 15 is 0 Å². The lowest BCUT2D eigenvalue weighted by atomic mass is 9.87. The van der Waals surface area contributed by atoms with Crippen LogP contribution in [-0.4, -0.2) is 35.8 Å². The molecule has 0 spiro atoms. The minimum absolute atomic E-state index is 0.0276. The van der Waals surface area contributed by atoms with Crippen molar-refractivity contribution in [2.75, 3.05) is 13.1 Å². The van der Waals surface area contributed by atoms with Crippen LogP contribution in [0.4, 0.5) is 0 Å². The first-order valence-corrected chi connectivity index (χ1v) is 6.65. The van der Waals surface area contributed by atoms with E-state index in [0.29, 0.717) is 18.8 Å². The number of hydrogen-bond acceptors (Lipinski definition) is 3. The molecule has 17 heavy (non-hydrogen) atoms. The third-order valence-electron chi connectivity index (χ3n) is 4.06. The predicted molar refractivity (Wildman–Crippen MR) is 65.3 cm³/mol. The van der Waals surface area contributed by atoms with Crippen molar-refractivity contribution in [2.24, 2.45) is 11.8 Å². The smallest absolute Gasteiger partial charge is 0.229 e. The second kappa shape index (κ2) is 5.17. The molecule has 2 amide bonds. The molecule has 0 bridgehead atoms. The molecule has 2 heterocycles. The highest BCUT2D eigenvalue weighted by Gasteiger charge is 2.36. The topological polar surface area (TPSA) is 49.4 Å². The zero-order valence-electron chi connectivity index (χ0n) is 10.7. The number of amides is 2. The van der Waals surface area contributed by atoms with E-state index in [2.05, 4.69) is 5.32 Å². The number of nitrogens with zero attached hydrogens (tertiary/aromatic N) is 1. The van der Waals surface area contributed by atoms with Gasteiger partial charge in [-0.2, -0.15) is 0 Å². The molecular formula is C13H22N2O2. The summed E-state index contributed by atoms with van der Waals surface area (Å²) in [6, 6.07) is 0.0737. The van der Waals surface area contributed by atoms with Crippen molar-refractivity contribution in [3.05, 3.63) is 0 Å². The van der Waals surface area contributed by atoms with E-state index in [4.69, 9.17) is 0 Å². The van der Waals surface area contributed by atoms with E-state index in [-0.39, 0.29) is 23.8 Å². The molecule has 2 aliphatic rings. The SMILES string of the molecule is CC1CC(=O)N(C(C)C2CCNCC2)C(=O)C1. The summed E-state index contributed by atoms with van der Waals surface area (Å²) in [4.78, 5) is 25.5. The first-order chi connectivity index (χ1) is 8.09. The van der Waals surface area contributed by atoms with Gasteiger partial charge in [0.2, 0.25) is 11.8 Å². The molecule has 0 saturated carbocycles. The van der Waals surface area contributed by atoms with E-state index < -0.39 is 0 Å². The van der Waals surface area contributed by atoms with Crippen LogP contribution in [0.2, 0.25) is 0 Å². The van der Waals surface area contributed by atoms with Crippen molar-refractivity contribution in [3.63, 3.8) is 0 Å². The van der Waals surface area contributed by atoms with E-state index in [0.717, 1.165) is 25.9 Å². The summed E-state index contributed by atoms with van der Waals surface area (Å²) in [6.45, 7) is 6.01. The first kappa shape index (κ1) is 12.6. The molecule has 0 aliphatic carbocycles. The lowest BCUT2D eigenvalue weighted by Crippen LogP contribution is -2.51. The van der Waals surface area contributed by atoms with Gasteiger partial charge in [-0.25, -0.2) is 0 Å². The number of nitrogens with one attached hydrogen (secondary N) is 1. The molecule has 2 saturated heterocycles. The average Bonchev–Trinajstić information content (AvgIpc) is 2.28. The predicted octanol–water partition coefficient (Wildman–Crippen LogP) is 1.16. The maximum absolute atomic E-state index is 12.0. The molecule has 2 fully saturated rings. The molecule has 2 aliphatic heterocycles. The Kier molecular flexibility index (Phi) is 3.82. The van der Waals surface area contributed by atoms with Crippen LogP contribution in [0.3, 0.4) is 0 Å². The maximum Gasteiger partial charge on any atom is 0.229 e. The van der Waals surface area contributed by atoms with Gasteiger partial charge in [-0.1, -0.05) is 6.92 Å². The molecule has 1 atom stereocenters. The quantitative estimate of drug-likeness (QED) is 0.734. The van der Waals surface area contributed by atoms with Crippen LogP contribution in [0.15, 0.2) is 0 Å². The second-order valence-electron chi connectivity index (χ2n) is 5.50. The molecule has 0 radical (unpaired) electrons. The van der Waals surface area contributed by atoms with Crippen molar-refractivity contribution in [1.29, 1.82) is 0 Å². The van der Waals surface area contributed by atoms with Gasteiger partial charge < -0.3 is 5.32 Å². The van der Waals surface area contributed by atoms with Gasteiger partial charge in [-0.05, 0) is 44.7 Å². The van der Waals surface area contributed by atoms with Crippen molar-refractivity contribution in [1.82, 2.24) is 10.2 Å². The summed E-state index contributed by atoms with van der Waals surface area (Å²) in [7, 11) is 0. The minimum atomic E-state index is 0.0276. The molecule has 1 unspecified atom stereocenters. The number of rotatable bonds is 2. The normalized spacial score (nSPS) is 26.4. The third kappa shape index (κ3) is 2.68. The molecule has 0 aromatic heterocycles. The van der Waals surface area contributed by atoms with Crippen LogP contribution >= 0.6 is 0 Å². The molecule has 4 nitrogen and oxygen atoms in total. The Bertz CT molecular complexity index is 293. The van der Waals surface area contributed by atoms with Gasteiger partial charge in [0.25, 0.3) is 0 Å². The standard InChI is InChI=1S/C13H22N2O2/c1-9-7-12(16)15(13(17)8-9)10(2)11-3-5-14-6-4-11/h9-11,14H,3-8H2,1-2H3. The molecular weight excluding hydrogens is 216 g/mol. The van der Waals surface area contributed by atoms with Crippen molar-refractivity contribution in [3.8, 4) is 0 Å². The van der Waals surface area contributed by atoms with E-state index in [9.17, 15) is 9.59 Å². The summed E-state index contributed by atoms with van der Waals surface area (Å²) < 4.78 is 0. The summed E-state index contributed by atoms with van der Waals surface area (Å²) >= 11 is 0. The fraction of sp³-hybridized carbons (Fsp3) is 0.846. The van der Waals surface area contributed by atoms with Gasteiger partial charge in [-0.15, -0.1) is 0 Å². The number of carbonyl (C=O) groups is 2. The Morgan fingerprint density at radius 1 is 1.18 bits per heavy atom. The molecule has 2 rings (SSSR count). The molecule has 96 valence electrons. The van der Waals surface area contributed by atoms with E-state index in [1.807, 2.05) is 13.8 Å². The van der Waals surface area contributed by atoms with Crippen LogP contribution in [-0.2, 0) is 9.59 Å². The monoisotopic (exact) mass is 238 g/mol. The number of imide groups is 1. The van der Waals surface area contributed by atoms with Gasteiger partial charge in [0.05, 0.1) is 0 Å². The Morgan fingerprint density at radius 2 is 1.71 bits per heavy atom. The largest absolute Gasteiger partial charge is 0.317 e. The van der Waals surface area contributed by atoms with Crippen molar-refractivity contribution in [2.45, 2.75) is 45.6 Å². The Morgan fingerprint density at radius 3 is 2.24 bits per heavy atom. The van der Waals surface area contributed by atoms with Crippen LogP contribution < -0.4 is 5.32 Å². The lowest BCUT2D eigenvalue weighted by molar-refractivity contribution is -0.153. The van der Waals surface area contributed by atoms with Gasteiger partial charge in [0.1, 0.15) is 0 Å². The number of hydrogen-bond donors (Lipinski definition) is 1. The third-order valence-corrected chi connectivity index (χ3v) is 4.06. The molecule has 0 aromatic carbocycles. The average molecular weight is 238 g/mol. The number of piperidine rings is 2. The molecule has 0 aromatic rings. The number of carbonyl (C=O) groups excluding carboxylic acids is 2. The highest BCUT2D eigenvalue weighted by molar-refractivity contribution is 5.98. The fourth-order valence-electron chi connectivity index (χ4n) is 3.00.